The summed E-state index contributed by atoms with van der Waals surface area (Å²) in [5.41, 5.74) is 6.87. The van der Waals surface area contributed by atoms with E-state index >= 15 is 0 Å². The van der Waals surface area contributed by atoms with Crippen LogP contribution < -0.4 is 14.8 Å². The van der Waals surface area contributed by atoms with Gasteiger partial charge in [-0.15, -0.1) is 0 Å². The number of halogens is 1. The predicted octanol–water partition coefficient (Wildman–Crippen LogP) is 5.65. The Bertz CT molecular complexity index is 811. The summed E-state index contributed by atoms with van der Waals surface area (Å²) in [7, 11) is -3.76. The fraction of sp³-hybridized carbons (Fsp3) is 0.0526. The van der Waals surface area contributed by atoms with E-state index in [0.29, 0.717) is 22.1 Å². The second-order valence-electron chi connectivity index (χ2n) is 5.34. The smallest absolute Gasteiger partial charge is 0.415 e. The second-order valence-corrected chi connectivity index (χ2v) is 7.78. The van der Waals surface area contributed by atoms with Crippen LogP contribution in [0.5, 0.6) is 11.5 Å². The molecule has 0 amide bonds. The van der Waals surface area contributed by atoms with Crippen molar-refractivity contribution in [3.63, 3.8) is 0 Å². The van der Waals surface area contributed by atoms with Gasteiger partial charge in [0.05, 0.1) is 0 Å². The van der Waals surface area contributed by atoms with Crippen molar-refractivity contribution < 1.29 is 13.6 Å². The van der Waals surface area contributed by atoms with Crippen LogP contribution in [0.25, 0.3) is 0 Å². The number of hydrogen-bond donors (Lipinski definition) is 1. The fourth-order valence-electron chi connectivity index (χ4n) is 2.23. The Hall–Kier alpha value is -2.26. The van der Waals surface area contributed by atoms with Gasteiger partial charge in [0.2, 0.25) is 0 Å². The van der Waals surface area contributed by atoms with E-state index in [0.717, 1.165) is 0 Å². The van der Waals surface area contributed by atoms with Crippen LogP contribution in [0, 0.1) is 0 Å². The maximum absolute atomic E-state index is 13.5. The highest BCUT2D eigenvalue weighted by atomic mass is 35.5. The maximum atomic E-state index is 13.5. The second kappa shape index (κ2) is 7.75. The first-order valence-electron chi connectivity index (χ1n) is 7.67. The highest BCUT2D eigenvalue weighted by molar-refractivity contribution is 7.55. The van der Waals surface area contributed by atoms with Crippen molar-refractivity contribution in [2.45, 2.75) is 5.78 Å². The van der Waals surface area contributed by atoms with Crippen LogP contribution >= 0.6 is 19.2 Å². The molecule has 0 bridgehead atoms. The first-order valence-corrected chi connectivity index (χ1v) is 9.66. The molecule has 0 heterocycles. The number of hydrogen-bond acceptors (Lipinski definition) is 4. The van der Waals surface area contributed by atoms with E-state index in [2.05, 4.69) is 0 Å². The third-order valence-corrected chi connectivity index (χ3v) is 5.67. The van der Waals surface area contributed by atoms with E-state index in [1.54, 1.807) is 72.8 Å². The van der Waals surface area contributed by atoms with Gasteiger partial charge in [-0.25, -0.2) is 4.57 Å². The lowest BCUT2D eigenvalue weighted by atomic mass is 10.2. The predicted molar refractivity (Wildman–Crippen MR) is 100 cm³/mol. The molecule has 4 nitrogen and oxygen atoms in total. The number of nitrogens with two attached hydrogens (primary N) is 1. The molecule has 0 aliphatic rings. The molecule has 0 aliphatic carbocycles. The van der Waals surface area contributed by atoms with Crippen LogP contribution in [-0.4, -0.2) is 0 Å². The average Bonchev–Trinajstić information content (AvgIpc) is 2.63. The van der Waals surface area contributed by atoms with Crippen molar-refractivity contribution in [3.05, 3.63) is 95.5 Å². The molecule has 3 aromatic carbocycles. The van der Waals surface area contributed by atoms with Gasteiger partial charge < -0.3 is 14.8 Å². The number of benzene rings is 3. The van der Waals surface area contributed by atoms with Gasteiger partial charge in [-0.3, -0.25) is 0 Å². The summed E-state index contributed by atoms with van der Waals surface area (Å²) in [6.45, 7) is 0. The van der Waals surface area contributed by atoms with Gasteiger partial charge in [0, 0.05) is 5.02 Å². The van der Waals surface area contributed by atoms with Crippen LogP contribution in [-0.2, 0) is 4.57 Å². The molecule has 2 N–H and O–H groups in total. The van der Waals surface area contributed by atoms with Gasteiger partial charge in [0.15, 0.2) is 5.78 Å². The Labute approximate surface area is 151 Å². The standard InChI is InChI=1S/C19H17ClNO3P/c20-16-13-11-15(12-14-16)19(21)25(22,23-17-7-3-1-4-8-17)24-18-9-5-2-6-10-18/h1-14,19H,21H2/t19-/m0/s1. The summed E-state index contributed by atoms with van der Waals surface area (Å²) < 4.78 is 25.0. The van der Waals surface area contributed by atoms with E-state index in [-0.39, 0.29) is 0 Å². The molecule has 0 unspecified atom stereocenters. The molecule has 0 aromatic heterocycles. The van der Waals surface area contributed by atoms with Gasteiger partial charge in [0.25, 0.3) is 0 Å². The molecule has 0 spiro atoms. The molecule has 6 heteroatoms. The van der Waals surface area contributed by atoms with Gasteiger partial charge in [0.1, 0.15) is 11.5 Å². The van der Waals surface area contributed by atoms with Gasteiger partial charge >= 0.3 is 7.60 Å². The van der Waals surface area contributed by atoms with Crippen LogP contribution in [0.2, 0.25) is 5.02 Å². The fourth-order valence-corrected chi connectivity index (χ4v) is 3.99. The van der Waals surface area contributed by atoms with Gasteiger partial charge in [-0.2, -0.15) is 0 Å². The third kappa shape index (κ3) is 4.43. The lowest BCUT2D eigenvalue weighted by molar-refractivity contribution is 0.373. The lowest BCUT2D eigenvalue weighted by Crippen LogP contribution is -2.18. The first-order chi connectivity index (χ1) is 12.1. The highest BCUT2D eigenvalue weighted by Gasteiger charge is 2.38. The minimum absolute atomic E-state index is 0.422. The zero-order chi connectivity index (χ0) is 17.7. The first kappa shape index (κ1) is 17.6. The quantitative estimate of drug-likeness (QED) is 0.567. The van der Waals surface area contributed by atoms with Crippen LogP contribution in [0.1, 0.15) is 11.3 Å². The molecule has 3 aromatic rings. The van der Waals surface area contributed by atoms with Crippen LogP contribution in [0.3, 0.4) is 0 Å². The largest absolute Gasteiger partial charge is 0.451 e. The molecule has 0 saturated carbocycles. The molecule has 128 valence electrons. The van der Waals surface area contributed by atoms with Crippen molar-refractivity contribution in [2.75, 3.05) is 0 Å². The summed E-state index contributed by atoms with van der Waals surface area (Å²) in [5, 5.41) is 0.568. The summed E-state index contributed by atoms with van der Waals surface area (Å²) >= 11 is 5.92. The summed E-state index contributed by atoms with van der Waals surface area (Å²) in [4.78, 5) is 0. The van der Waals surface area contributed by atoms with Crippen molar-refractivity contribution >= 4 is 19.2 Å². The number of rotatable bonds is 6. The van der Waals surface area contributed by atoms with E-state index in [1.165, 1.54) is 0 Å². The van der Waals surface area contributed by atoms with Crippen molar-refractivity contribution in [3.8, 4) is 11.5 Å². The minimum atomic E-state index is -3.76. The lowest BCUT2D eigenvalue weighted by Gasteiger charge is -2.25. The average molecular weight is 374 g/mol. The molecule has 0 saturated heterocycles. The van der Waals surface area contributed by atoms with Gasteiger partial charge in [-0.1, -0.05) is 60.1 Å². The van der Waals surface area contributed by atoms with Crippen molar-refractivity contribution in [2.24, 2.45) is 5.73 Å². The third-order valence-electron chi connectivity index (χ3n) is 3.50. The molecular weight excluding hydrogens is 357 g/mol. The topological polar surface area (TPSA) is 61.6 Å². The van der Waals surface area contributed by atoms with E-state index in [9.17, 15) is 4.57 Å². The molecule has 0 aliphatic heterocycles. The summed E-state index contributed by atoms with van der Waals surface area (Å²) in [6.07, 6.45) is 0. The van der Waals surface area contributed by atoms with Crippen molar-refractivity contribution in [1.29, 1.82) is 0 Å². The number of para-hydroxylation sites is 2. The molecule has 25 heavy (non-hydrogen) atoms. The van der Waals surface area contributed by atoms with Crippen molar-refractivity contribution in [1.82, 2.24) is 0 Å². The van der Waals surface area contributed by atoms with Crippen LogP contribution in [0.4, 0.5) is 0 Å². The summed E-state index contributed by atoms with van der Waals surface area (Å²) in [5.74, 6) is -0.123. The minimum Gasteiger partial charge on any atom is -0.415 e. The van der Waals surface area contributed by atoms with Crippen LogP contribution in [0.15, 0.2) is 84.9 Å². The normalized spacial score (nSPS) is 12.4. The Morgan fingerprint density at radius 2 is 1.20 bits per heavy atom. The highest BCUT2D eigenvalue weighted by Crippen LogP contribution is 2.57. The zero-order valence-corrected chi connectivity index (χ0v) is 14.9. The maximum Gasteiger partial charge on any atom is 0.451 e. The molecule has 0 radical (unpaired) electrons. The molecule has 3 rings (SSSR count). The Balaban J connectivity index is 1.95. The molecular formula is C19H17ClNO3P. The Kier molecular flexibility index (Phi) is 5.44. The van der Waals surface area contributed by atoms with E-state index in [4.69, 9.17) is 26.4 Å². The zero-order valence-electron chi connectivity index (χ0n) is 13.3. The monoisotopic (exact) mass is 373 g/mol. The molecule has 0 fully saturated rings. The van der Waals surface area contributed by atoms with Gasteiger partial charge in [-0.05, 0) is 42.0 Å². The Morgan fingerprint density at radius 1 is 0.760 bits per heavy atom. The van der Waals surface area contributed by atoms with E-state index in [1.807, 2.05) is 12.1 Å². The molecule has 1 atom stereocenters. The van der Waals surface area contributed by atoms with E-state index < -0.39 is 13.4 Å². The Morgan fingerprint density at radius 3 is 1.64 bits per heavy atom. The summed E-state index contributed by atoms with van der Waals surface area (Å²) in [6, 6.07) is 24.4. The SMILES string of the molecule is N[C@H](c1ccc(Cl)cc1)P(=O)(Oc1ccccc1)Oc1ccccc1.